The van der Waals surface area contributed by atoms with Crippen LogP contribution in [-0.2, 0) is 9.53 Å². The van der Waals surface area contributed by atoms with Gasteiger partial charge in [-0.05, 0) is 49.0 Å². The van der Waals surface area contributed by atoms with Crippen molar-refractivity contribution >= 4 is 57.3 Å². The molecule has 9 heteroatoms. The fourth-order valence-electron chi connectivity index (χ4n) is 2.80. The van der Waals surface area contributed by atoms with Gasteiger partial charge in [0.15, 0.2) is 5.11 Å². The predicted octanol–water partition coefficient (Wildman–Crippen LogP) is 5.21. The van der Waals surface area contributed by atoms with Crippen molar-refractivity contribution in [3.63, 3.8) is 0 Å². The lowest BCUT2D eigenvalue weighted by atomic mass is 10.0. The molecule has 0 aliphatic rings. The van der Waals surface area contributed by atoms with Crippen molar-refractivity contribution in [3.05, 3.63) is 65.5 Å². The summed E-state index contributed by atoms with van der Waals surface area (Å²) in [6, 6.07) is 17.0. The summed E-state index contributed by atoms with van der Waals surface area (Å²) < 4.78 is 10.5. The van der Waals surface area contributed by atoms with Crippen LogP contribution in [0.5, 0.6) is 5.75 Å². The fraction of sp³-hybridized carbons (Fsp3) is 0.174. The minimum absolute atomic E-state index is 0.123. The van der Waals surface area contributed by atoms with Crippen molar-refractivity contribution in [2.75, 3.05) is 24.8 Å². The second-order valence-electron chi connectivity index (χ2n) is 6.41. The van der Waals surface area contributed by atoms with E-state index in [0.29, 0.717) is 16.1 Å². The second-order valence-corrected chi connectivity index (χ2v) is 8.74. The highest BCUT2D eigenvalue weighted by molar-refractivity contribution is 8.00. The molecular weight excluding hydrogens is 464 g/mol. The quantitative estimate of drug-likeness (QED) is 0.257. The average Bonchev–Trinajstić information content (AvgIpc) is 3.22. The number of thiocarbonyl (C=S) groups is 1. The van der Waals surface area contributed by atoms with Crippen LogP contribution < -0.4 is 15.4 Å². The first-order valence-corrected chi connectivity index (χ1v) is 12.0. The molecule has 0 spiro atoms. The number of methoxy groups -OCH3 is 1. The van der Waals surface area contributed by atoms with E-state index in [0.717, 1.165) is 16.2 Å². The van der Waals surface area contributed by atoms with Gasteiger partial charge in [0.05, 0.1) is 19.5 Å². The van der Waals surface area contributed by atoms with Gasteiger partial charge in [-0.15, -0.1) is 23.1 Å². The Hall–Kier alpha value is -2.88. The van der Waals surface area contributed by atoms with Crippen molar-refractivity contribution in [3.8, 4) is 16.9 Å². The lowest BCUT2D eigenvalue weighted by Gasteiger charge is -2.11. The summed E-state index contributed by atoms with van der Waals surface area (Å²) >= 11 is 8.03. The molecule has 1 amide bonds. The van der Waals surface area contributed by atoms with Crippen LogP contribution in [-0.4, -0.2) is 36.5 Å². The van der Waals surface area contributed by atoms with Gasteiger partial charge in [0.25, 0.3) is 0 Å². The van der Waals surface area contributed by atoms with Crippen LogP contribution in [0, 0.1) is 0 Å². The Kier molecular flexibility index (Phi) is 8.66. The molecular formula is C23H22N2O4S3. The lowest BCUT2D eigenvalue weighted by molar-refractivity contribution is -0.117. The van der Waals surface area contributed by atoms with E-state index in [1.165, 1.54) is 23.1 Å². The summed E-state index contributed by atoms with van der Waals surface area (Å²) in [6.45, 7) is 1.99. The molecule has 0 atom stereocenters. The highest BCUT2D eigenvalue weighted by Gasteiger charge is 2.22. The van der Waals surface area contributed by atoms with Crippen LogP contribution in [0.2, 0.25) is 0 Å². The Morgan fingerprint density at radius 1 is 1.09 bits per heavy atom. The van der Waals surface area contributed by atoms with E-state index in [2.05, 4.69) is 10.6 Å². The zero-order valence-corrected chi connectivity index (χ0v) is 20.0. The van der Waals surface area contributed by atoms with E-state index in [-0.39, 0.29) is 23.4 Å². The van der Waals surface area contributed by atoms with Gasteiger partial charge in [-0.3, -0.25) is 4.79 Å². The number of hydrogen-bond acceptors (Lipinski definition) is 7. The standard InChI is InChI=1S/C23H22N2O4S3/c1-3-29-22(27)20-18(15-9-11-16(28-2)12-10-15)13-32-21(20)25-23(30)24-19(26)14-31-17-7-5-4-6-8-17/h4-13H,3,14H2,1-2H3,(H2,24,25,26,30). The SMILES string of the molecule is CCOC(=O)c1c(-c2ccc(OC)cc2)csc1NC(=S)NC(=O)CSc1ccccc1. The number of nitrogens with one attached hydrogen (secondary N) is 2. The summed E-state index contributed by atoms with van der Waals surface area (Å²) in [5, 5.41) is 8.12. The van der Waals surface area contributed by atoms with Gasteiger partial charge in [0.1, 0.15) is 16.3 Å². The number of thioether (sulfide) groups is 1. The summed E-state index contributed by atoms with van der Waals surface area (Å²) in [5.41, 5.74) is 1.93. The molecule has 1 aromatic heterocycles. The first kappa shape index (κ1) is 23.8. The highest BCUT2D eigenvalue weighted by Crippen LogP contribution is 2.36. The normalized spacial score (nSPS) is 10.3. The third-order valence-corrected chi connectivity index (χ3v) is 6.38. The Morgan fingerprint density at radius 2 is 1.81 bits per heavy atom. The van der Waals surface area contributed by atoms with Crippen LogP contribution in [0.25, 0.3) is 11.1 Å². The summed E-state index contributed by atoms with van der Waals surface area (Å²) in [7, 11) is 1.60. The van der Waals surface area contributed by atoms with Crippen molar-refractivity contribution in [2.24, 2.45) is 0 Å². The van der Waals surface area contributed by atoms with Crippen LogP contribution in [0.1, 0.15) is 17.3 Å². The Labute approximate surface area is 200 Å². The minimum Gasteiger partial charge on any atom is -0.497 e. The average molecular weight is 487 g/mol. The maximum absolute atomic E-state index is 12.7. The number of ether oxygens (including phenoxy) is 2. The van der Waals surface area contributed by atoms with E-state index >= 15 is 0 Å². The maximum Gasteiger partial charge on any atom is 0.341 e. The number of esters is 1. The van der Waals surface area contributed by atoms with Gasteiger partial charge in [-0.1, -0.05) is 30.3 Å². The molecule has 6 nitrogen and oxygen atoms in total. The van der Waals surface area contributed by atoms with Crippen LogP contribution in [0.15, 0.2) is 64.9 Å². The second kappa shape index (κ2) is 11.7. The molecule has 0 aliphatic carbocycles. The van der Waals surface area contributed by atoms with Crippen molar-refractivity contribution in [1.29, 1.82) is 0 Å². The third kappa shape index (κ3) is 6.32. The number of rotatable bonds is 8. The predicted molar refractivity (Wildman–Crippen MR) is 134 cm³/mol. The molecule has 0 unspecified atom stereocenters. The number of benzene rings is 2. The van der Waals surface area contributed by atoms with Crippen molar-refractivity contribution < 1.29 is 19.1 Å². The molecule has 0 saturated heterocycles. The van der Waals surface area contributed by atoms with Crippen LogP contribution in [0.3, 0.4) is 0 Å². The topological polar surface area (TPSA) is 76.7 Å². The molecule has 0 aliphatic heterocycles. The molecule has 3 aromatic rings. The molecule has 2 aromatic carbocycles. The molecule has 2 N–H and O–H groups in total. The Bertz CT molecular complexity index is 1080. The molecule has 0 fully saturated rings. The van der Waals surface area contributed by atoms with Crippen LogP contribution >= 0.6 is 35.3 Å². The van der Waals surface area contributed by atoms with Gasteiger partial charge >= 0.3 is 5.97 Å². The lowest BCUT2D eigenvalue weighted by Crippen LogP contribution is -2.35. The number of carbonyl (C=O) groups excluding carboxylic acids is 2. The third-order valence-electron chi connectivity index (χ3n) is 4.26. The minimum atomic E-state index is -0.462. The molecule has 32 heavy (non-hydrogen) atoms. The zero-order chi connectivity index (χ0) is 22.9. The van der Waals surface area contributed by atoms with E-state index in [1.807, 2.05) is 60.0 Å². The smallest absolute Gasteiger partial charge is 0.341 e. The first-order chi connectivity index (χ1) is 15.5. The molecule has 0 saturated carbocycles. The molecule has 166 valence electrons. The Morgan fingerprint density at radius 3 is 2.47 bits per heavy atom. The number of anilines is 1. The van der Waals surface area contributed by atoms with Crippen molar-refractivity contribution in [1.82, 2.24) is 5.32 Å². The van der Waals surface area contributed by atoms with Gasteiger partial charge in [0.2, 0.25) is 5.91 Å². The van der Waals surface area contributed by atoms with Gasteiger partial charge in [-0.25, -0.2) is 4.79 Å². The van der Waals surface area contributed by atoms with E-state index in [9.17, 15) is 9.59 Å². The number of hydrogen-bond donors (Lipinski definition) is 2. The van der Waals surface area contributed by atoms with Crippen LogP contribution in [0.4, 0.5) is 5.00 Å². The zero-order valence-electron chi connectivity index (χ0n) is 17.5. The van der Waals surface area contributed by atoms with Crippen molar-refractivity contribution in [2.45, 2.75) is 11.8 Å². The van der Waals surface area contributed by atoms with E-state index in [4.69, 9.17) is 21.7 Å². The van der Waals surface area contributed by atoms with Gasteiger partial charge < -0.3 is 20.1 Å². The summed E-state index contributed by atoms with van der Waals surface area (Å²) in [4.78, 5) is 26.0. The summed E-state index contributed by atoms with van der Waals surface area (Å²) in [6.07, 6.45) is 0. The molecule has 0 bridgehead atoms. The van der Waals surface area contributed by atoms with E-state index in [1.54, 1.807) is 14.0 Å². The number of carbonyl (C=O) groups is 2. The fourth-order valence-corrected chi connectivity index (χ4v) is 4.76. The number of thiophene rings is 1. The molecule has 3 rings (SSSR count). The molecule has 0 radical (unpaired) electrons. The van der Waals surface area contributed by atoms with Gasteiger partial charge in [0, 0.05) is 15.8 Å². The van der Waals surface area contributed by atoms with E-state index < -0.39 is 5.97 Å². The first-order valence-electron chi connectivity index (χ1n) is 9.73. The summed E-state index contributed by atoms with van der Waals surface area (Å²) in [5.74, 6) is 0.243. The number of amides is 1. The largest absolute Gasteiger partial charge is 0.497 e. The van der Waals surface area contributed by atoms with Gasteiger partial charge in [-0.2, -0.15) is 0 Å². The molecule has 1 heterocycles. The monoisotopic (exact) mass is 486 g/mol. The Balaban J connectivity index is 1.71. The maximum atomic E-state index is 12.7. The highest BCUT2D eigenvalue weighted by atomic mass is 32.2.